The number of amides is 1. The van der Waals surface area contributed by atoms with Crippen LogP contribution in [0, 0.1) is 11.7 Å². The SMILES string of the molecule is CC(=O)c1ccc(N2CCN(C(=O)CNC(c3cccs3)C(C)C)CC2)c(F)c1. The molecular formula is C22H28FN3O2S. The molecule has 1 aliphatic heterocycles. The summed E-state index contributed by atoms with van der Waals surface area (Å²) in [6, 6.07) is 8.88. The summed E-state index contributed by atoms with van der Waals surface area (Å²) in [6.45, 7) is 8.26. The number of rotatable bonds is 7. The Bertz CT molecular complexity index is 846. The van der Waals surface area contributed by atoms with Crippen molar-refractivity contribution in [3.63, 3.8) is 0 Å². The second-order valence-corrected chi connectivity index (χ2v) is 8.69. The zero-order valence-corrected chi connectivity index (χ0v) is 18.0. The van der Waals surface area contributed by atoms with Crippen LogP contribution in [-0.2, 0) is 4.79 Å². The first-order valence-corrected chi connectivity index (χ1v) is 10.8. The van der Waals surface area contributed by atoms with Gasteiger partial charge in [0.25, 0.3) is 0 Å². The molecule has 0 saturated carbocycles. The molecular weight excluding hydrogens is 389 g/mol. The van der Waals surface area contributed by atoms with E-state index in [2.05, 4.69) is 30.6 Å². The molecule has 1 atom stereocenters. The maximum Gasteiger partial charge on any atom is 0.236 e. The molecule has 3 rings (SSSR count). The molecule has 1 aliphatic rings. The highest BCUT2D eigenvalue weighted by atomic mass is 32.1. The Labute approximate surface area is 175 Å². The number of ketones is 1. The lowest BCUT2D eigenvalue weighted by Gasteiger charge is -2.36. The minimum Gasteiger partial charge on any atom is -0.366 e. The van der Waals surface area contributed by atoms with Gasteiger partial charge in [0.2, 0.25) is 5.91 Å². The Morgan fingerprint density at radius 2 is 1.90 bits per heavy atom. The smallest absolute Gasteiger partial charge is 0.236 e. The lowest BCUT2D eigenvalue weighted by atomic mass is 10.0. The number of carbonyl (C=O) groups excluding carboxylic acids is 2. The number of hydrogen-bond acceptors (Lipinski definition) is 5. The first-order valence-electron chi connectivity index (χ1n) is 9.97. The Morgan fingerprint density at radius 3 is 2.45 bits per heavy atom. The Morgan fingerprint density at radius 1 is 1.17 bits per heavy atom. The Hall–Kier alpha value is -2.25. The van der Waals surface area contributed by atoms with Crippen LogP contribution in [0.15, 0.2) is 35.7 Å². The number of nitrogens with zero attached hydrogens (tertiary/aromatic N) is 2. The summed E-state index contributed by atoms with van der Waals surface area (Å²) in [5, 5.41) is 5.45. The summed E-state index contributed by atoms with van der Waals surface area (Å²) in [5.74, 6) is -0.0889. The molecule has 156 valence electrons. The van der Waals surface area contributed by atoms with Crippen LogP contribution in [0.4, 0.5) is 10.1 Å². The molecule has 1 unspecified atom stereocenters. The maximum absolute atomic E-state index is 14.4. The van der Waals surface area contributed by atoms with Crippen LogP contribution in [0.5, 0.6) is 0 Å². The quantitative estimate of drug-likeness (QED) is 0.698. The maximum atomic E-state index is 14.4. The summed E-state index contributed by atoms with van der Waals surface area (Å²) in [4.78, 5) is 29.1. The average molecular weight is 418 g/mol. The number of nitrogens with one attached hydrogen (secondary N) is 1. The van der Waals surface area contributed by atoms with Crippen molar-refractivity contribution in [3.05, 3.63) is 52.0 Å². The van der Waals surface area contributed by atoms with Gasteiger partial charge < -0.3 is 15.1 Å². The first-order chi connectivity index (χ1) is 13.9. The molecule has 0 radical (unpaired) electrons. The highest BCUT2D eigenvalue weighted by Gasteiger charge is 2.24. The minimum absolute atomic E-state index is 0.0688. The number of hydrogen-bond donors (Lipinski definition) is 1. The van der Waals surface area contributed by atoms with Gasteiger partial charge in [-0.05, 0) is 42.5 Å². The van der Waals surface area contributed by atoms with E-state index in [1.54, 1.807) is 23.5 Å². The molecule has 1 fully saturated rings. The third kappa shape index (κ3) is 5.22. The van der Waals surface area contributed by atoms with Crippen molar-refractivity contribution in [2.24, 2.45) is 5.92 Å². The summed E-state index contributed by atoms with van der Waals surface area (Å²) in [7, 11) is 0. The fourth-order valence-corrected chi connectivity index (χ4v) is 4.59. The number of Topliss-reactive ketones (excluding diaryl/α,β-unsaturated/α-hetero) is 1. The second kappa shape index (κ2) is 9.50. The molecule has 2 heterocycles. The summed E-state index contributed by atoms with van der Waals surface area (Å²) >= 11 is 1.70. The topological polar surface area (TPSA) is 52.7 Å². The molecule has 0 aliphatic carbocycles. The van der Waals surface area contributed by atoms with E-state index in [0.29, 0.717) is 49.9 Å². The molecule has 1 N–H and O–H groups in total. The van der Waals surface area contributed by atoms with E-state index in [1.165, 1.54) is 17.9 Å². The molecule has 1 aromatic heterocycles. The number of piperazine rings is 1. The van der Waals surface area contributed by atoms with E-state index in [9.17, 15) is 14.0 Å². The molecule has 0 bridgehead atoms. The van der Waals surface area contributed by atoms with E-state index < -0.39 is 5.82 Å². The van der Waals surface area contributed by atoms with Gasteiger partial charge in [0, 0.05) is 42.7 Å². The summed E-state index contributed by atoms with van der Waals surface area (Å²) in [6.07, 6.45) is 0. The van der Waals surface area contributed by atoms with Crippen LogP contribution < -0.4 is 10.2 Å². The number of thiophene rings is 1. The van der Waals surface area contributed by atoms with Gasteiger partial charge >= 0.3 is 0 Å². The van der Waals surface area contributed by atoms with Crippen molar-refractivity contribution in [1.82, 2.24) is 10.2 Å². The van der Waals surface area contributed by atoms with E-state index in [1.807, 2.05) is 15.9 Å². The minimum atomic E-state index is -0.394. The normalized spacial score (nSPS) is 15.6. The molecule has 2 aromatic rings. The zero-order chi connectivity index (χ0) is 21.0. The van der Waals surface area contributed by atoms with Crippen molar-refractivity contribution in [1.29, 1.82) is 0 Å². The van der Waals surface area contributed by atoms with Crippen LogP contribution >= 0.6 is 11.3 Å². The highest BCUT2D eigenvalue weighted by molar-refractivity contribution is 7.10. The average Bonchev–Trinajstić information content (AvgIpc) is 3.22. The number of carbonyl (C=O) groups is 2. The van der Waals surface area contributed by atoms with Crippen molar-refractivity contribution < 1.29 is 14.0 Å². The standard InChI is InChI=1S/C22H28FN3O2S/c1-15(2)22(20-5-4-12-29-20)24-14-21(28)26-10-8-25(9-11-26)19-7-6-17(16(3)27)13-18(19)23/h4-7,12-13,15,22,24H,8-11,14H2,1-3H3. The molecule has 5 nitrogen and oxygen atoms in total. The monoisotopic (exact) mass is 417 g/mol. The fraction of sp³-hybridized carbons (Fsp3) is 0.455. The number of benzene rings is 1. The fourth-order valence-electron chi connectivity index (χ4n) is 3.62. The van der Waals surface area contributed by atoms with Gasteiger partial charge in [-0.1, -0.05) is 19.9 Å². The van der Waals surface area contributed by atoms with Crippen molar-refractivity contribution >= 4 is 28.7 Å². The van der Waals surface area contributed by atoms with Gasteiger partial charge in [-0.3, -0.25) is 9.59 Å². The van der Waals surface area contributed by atoms with Gasteiger partial charge in [-0.25, -0.2) is 4.39 Å². The van der Waals surface area contributed by atoms with Crippen LogP contribution in [0.2, 0.25) is 0 Å². The van der Waals surface area contributed by atoms with Gasteiger partial charge in [0.05, 0.1) is 12.2 Å². The lowest BCUT2D eigenvalue weighted by Crippen LogP contribution is -2.51. The predicted octanol–water partition coefficient (Wildman–Crippen LogP) is 3.73. The van der Waals surface area contributed by atoms with E-state index in [-0.39, 0.29) is 17.7 Å². The van der Waals surface area contributed by atoms with Crippen LogP contribution in [0.25, 0.3) is 0 Å². The molecule has 29 heavy (non-hydrogen) atoms. The molecule has 1 aromatic carbocycles. The summed E-state index contributed by atoms with van der Waals surface area (Å²) in [5.41, 5.74) is 0.856. The third-order valence-electron chi connectivity index (χ3n) is 5.32. The second-order valence-electron chi connectivity index (χ2n) is 7.71. The Balaban J connectivity index is 1.54. The first kappa shape index (κ1) is 21.5. The van der Waals surface area contributed by atoms with Crippen molar-refractivity contribution in [2.45, 2.75) is 26.8 Å². The van der Waals surface area contributed by atoms with Gasteiger partial charge in [0.1, 0.15) is 5.82 Å². The highest BCUT2D eigenvalue weighted by Crippen LogP contribution is 2.26. The van der Waals surface area contributed by atoms with E-state index in [4.69, 9.17) is 0 Å². The van der Waals surface area contributed by atoms with Gasteiger partial charge in [-0.2, -0.15) is 0 Å². The van der Waals surface area contributed by atoms with Gasteiger partial charge in [-0.15, -0.1) is 11.3 Å². The van der Waals surface area contributed by atoms with E-state index >= 15 is 0 Å². The van der Waals surface area contributed by atoms with Crippen molar-refractivity contribution in [3.8, 4) is 0 Å². The van der Waals surface area contributed by atoms with Crippen molar-refractivity contribution in [2.75, 3.05) is 37.6 Å². The molecule has 1 amide bonds. The van der Waals surface area contributed by atoms with Gasteiger partial charge in [0.15, 0.2) is 5.78 Å². The summed E-state index contributed by atoms with van der Waals surface area (Å²) < 4.78 is 14.4. The Kier molecular flexibility index (Phi) is 7.03. The molecule has 1 saturated heterocycles. The van der Waals surface area contributed by atoms with Crippen LogP contribution in [0.3, 0.4) is 0 Å². The third-order valence-corrected chi connectivity index (χ3v) is 6.27. The number of halogens is 1. The molecule has 7 heteroatoms. The molecule has 0 spiro atoms. The number of anilines is 1. The predicted molar refractivity (Wildman–Crippen MR) is 115 cm³/mol. The largest absolute Gasteiger partial charge is 0.366 e. The zero-order valence-electron chi connectivity index (χ0n) is 17.2. The van der Waals surface area contributed by atoms with E-state index in [0.717, 1.165) is 0 Å². The lowest BCUT2D eigenvalue weighted by molar-refractivity contribution is -0.130. The van der Waals surface area contributed by atoms with Crippen LogP contribution in [0.1, 0.15) is 42.0 Å². The van der Waals surface area contributed by atoms with Crippen LogP contribution in [-0.4, -0.2) is 49.3 Å².